The topological polar surface area (TPSA) is 99.9 Å². The van der Waals surface area contributed by atoms with Crippen LogP contribution in [0.2, 0.25) is 0 Å². The molecule has 0 spiro atoms. The van der Waals surface area contributed by atoms with Gasteiger partial charge >= 0.3 is 0 Å². The SMILES string of the molecule is N#CC1=C(S)NC(=O)[C@@H]([n+]2ccccc2)[C@@H]1c1ccccc1[N+](=O)[O-]. The highest BCUT2D eigenvalue weighted by atomic mass is 32.1. The number of nitriles is 1. The van der Waals surface area contributed by atoms with E-state index >= 15 is 0 Å². The number of amides is 1. The van der Waals surface area contributed by atoms with E-state index in [0.29, 0.717) is 5.56 Å². The molecule has 0 bridgehead atoms. The van der Waals surface area contributed by atoms with Gasteiger partial charge < -0.3 is 5.32 Å². The van der Waals surface area contributed by atoms with Gasteiger partial charge in [-0.3, -0.25) is 14.9 Å². The van der Waals surface area contributed by atoms with Crippen LogP contribution in [0.4, 0.5) is 5.69 Å². The highest BCUT2D eigenvalue weighted by Gasteiger charge is 2.46. The number of thiol groups is 1. The number of carbonyl (C=O) groups is 1. The van der Waals surface area contributed by atoms with Crippen molar-refractivity contribution in [2.24, 2.45) is 0 Å². The van der Waals surface area contributed by atoms with Crippen LogP contribution < -0.4 is 9.88 Å². The summed E-state index contributed by atoms with van der Waals surface area (Å²) in [6.45, 7) is 0. The van der Waals surface area contributed by atoms with E-state index in [0.717, 1.165) is 0 Å². The molecule has 2 heterocycles. The summed E-state index contributed by atoms with van der Waals surface area (Å²) in [7, 11) is 0. The van der Waals surface area contributed by atoms with E-state index in [2.05, 4.69) is 17.9 Å². The molecule has 0 aliphatic carbocycles. The normalized spacial score (nSPS) is 19.9. The summed E-state index contributed by atoms with van der Waals surface area (Å²) < 4.78 is 1.63. The fourth-order valence-corrected chi connectivity index (χ4v) is 3.28. The molecule has 0 saturated carbocycles. The summed E-state index contributed by atoms with van der Waals surface area (Å²) in [6.07, 6.45) is 3.37. The number of carbonyl (C=O) groups excluding carboxylic acids is 1. The van der Waals surface area contributed by atoms with E-state index in [1.807, 2.05) is 6.07 Å². The third-order valence-electron chi connectivity index (χ3n) is 4.04. The van der Waals surface area contributed by atoms with Crippen LogP contribution in [0.25, 0.3) is 0 Å². The zero-order valence-electron chi connectivity index (χ0n) is 12.9. The Bertz CT molecular complexity index is 921. The van der Waals surface area contributed by atoms with Crippen LogP contribution in [0.3, 0.4) is 0 Å². The number of nitrogens with one attached hydrogen (secondary N) is 1. The number of pyridine rings is 1. The molecule has 0 unspecified atom stereocenters. The second-order valence-corrected chi connectivity index (χ2v) is 5.87. The molecule has 1 aromatic carbocycles. The van der Waals surface area contributed by atoms with Crippen LogP contribution >= 0.6 is 12.6 Å². The second-order valence-electron chi connectivity index (χ2n) is 5.42. The highest BCUT2D eigenvalue weighted by Crippen LogP contribution is 2.41. The molecule has 1 aliphatic heterocycles. The molecule has 8 heteroatoms. The Balaban J connectivity index is 2.27. The van der Waals surface area contributed by atoms with Gasteiger partial charge in [-0.05, 0) is 0 Å². The molecule has 7 nitrogen and oxygen atoms in total. The first-order chi connectivity index (χ1) is 12.0. The smallest absolute Gasteiger partial charge is 0.294 e. The van der Waals surface area contributed by atoms with E-state index in [-0.39, 0.29) is 22.2 Å². The number of hydrogen-bond acceptors (Lipinski definition) is 5. The summed E-state index contributed by atoms with van der Waals surface area (Å²) in [5, 5.41) is 23.7. The molecule has 1 amide bonds. The number of aromatic nitrogens is 1. The molecule has 25 heavy (non-hydrogen) atoms. The number of nitro benzene ring substituents is 1. The Morgan fingerprint density at radius 2 is 1.88 bits per heavy atom. The van der Waals surface area contributed by atoms with Crippen LogP contribution in [0, 0.1) is 21.4 Å². The predicted octanol–water partition coefficient (Wildman–Crippen LogP) is 2.00. The lowest BCUT2D eigenvalue weighted by molar-refractivity contribution is -0.711. The van der Waals surface area contributed by atoms with Crippen molar-refractivity contribution in [3.63, 3.8) is 0 Å². The van der Waals surface area contributed by atoms with Gasteiger partial charge in [0.1, 0.15) is 0 Å². The molecule has 3 rings (SSSR count). The van der Waals surface area contributed by atoms with Gasteiger partial charge in [-0.1, -0.05) is 24.3 Å². The van der Waals surface area contributed by atoms with Gasteiger partial charge in [0.15, 0.2) is 12.4 Å². The Kier molecular flexibility index (Phi) is 4.50. The van der Waals surface area contributed by atoms with Gasteiger partial charge in [-0.15, -0.1) is 12.6 Å². The quantitative estimate of drug-likeness (QED) is 0.381. The van der Waals surface area contributed by atoms with Gasteiger partial charge in [0, 0.05) is 23.8 Å². The van der Waals surface area contributed by atoms with Gasteiger partial charge in [-0.2, -0.15) is 9.83 Å². The summed E-state index contributed by atoms with van der Waals surface area (Å²) >= 11 is 4.19. The molecule has 1 aromatic heterocycles. The van der Waals surface area contributed by atoms with Crippen molar-refractivity contribution in [2.75, 3.05) is 0 Å². The van der Waals surface area contributed by atoms with Gasteiger partial charge in [-0.25, -0.2) is 0 Å². The zero-order valence-corrected chi connectivity index (χ0v) is 13.8. The number of rotatable bonds is 3. The fraction of sp³-hybridized carbons (Fsp3) is 0.118. The lowest BCUT2D eigenvalue weighted by Crippen LogP contribution is -2.53. The van der Waals surface area contributed by atoms with Gasteiger partial charge in [0.2, 0.25) is 6.04 Å². The number of benzene rings is 1. The van der Waals surface area contributed by atoms with Crippen LogP contribution in [0.5, 0.6) is 0 Å². The van der Waals surface area contributed by atoms with Crippen molar-refractivity contribution >= 4 is 24.2 Å². The van der Waals surface area contributed by atoms with Crippen molar-refractivity contribution < 1.29 is 14.3 Å². The predicted molar refractivity (Wildman–Crippen MR) is 91.3 cm³/mol. The van der Waals surface area contributed by atoms with Crippen molar-refractivity contribution in [1.82, 2.24) is 5.32 Å². The minimum absolute atomic E-state index is 0.114. The molecule has 2 atom stereocenters. The van der Waals surface area contributed by atoms with E-state index in [1.165, 1.54) is 6.07 Å². The van der Waals surface area contributed by atoms with E-state index < -0.39 is 16.9 Å². The average Bonchev–Trinajstić information content (AvgIpc) is 2.61. The molecular formula is C17H13N4O3S+. The zero-order chi connectivity index (χ0) is 18.0. The first-order valence-electron chi connectivity index (χ1n) is 7.37. The number of allylic oxidation sites excluding steroid dienone is 1. The molecule has 2 aromatic rings. The molecule has 1 aliphatic rings. The summed E-state index contributed by atoms with van der Waals surface area (Å²) in [5.74, 6) is -1.20. The Morgan fingerprint density at radius 3 is 2.52 bits per heavy atom. The van der Waals surface area contributed by atoms with Crippen LogP contribution in [0.1, 0.15) is 17.5 Å². The monoisotopic (exact) mass is 353 g/mol. The van der Waals surface area contributed by atoms with Gasteiger partial charge in [0.05, 0.1) is 27.5 Å². The molecular weight excluding hydrogens is 340 g/mol. The van der Waals surface area contributed by atoms with Crippen molar-refractivity contribution in [3.05, 3.63) is 81.1 Å². The molecule has 124 valence electrons. The van der Waals surface area contributed by atoms with Crippen molar-refractivity contribution in [2.45, 2.75) is 12.0 Å². The summed E-state index contributed by atoms with van der Waals surface area (Å²) in [6, 6.07) is 12.6. The Morgan fingerprint density at radius 1 is 1.20 bits per heavy atom. The maximum atomic E-state index is 12.6. The van der Waals surface area contributed by atoms with Gasteiger partial charge in [0.25, 0.3) is 11.6 Å². The standard InChI is InChI=1S/C17H12N4O3S/c18-10-12-14(11-6-2-3-7-13(11)21(23)24)15(16(22)19-17(12)25)20-8-4-1-5-9-20/h1-9,14-15H,(H-,19,22,25)/p+1/t14-,15+/m1/s1. The second kappa shape index (κ2) is 6.75. The van der Waals surface area contributed by atoms with E-state index in [4.69, 9.17) is 0 Å². The maximum absolute atomic E-state index is 12.6. The molecule has 0 radical (unpaired) electrons. The third kappa shape index (κ3) is 2.97. The summed E-state index contributed by atoms with van der Waals surface area (Å²) in [4.78, 5) is 23.6. The summed E-state index contributed by atoms with van der Waals surface area (Å²) in [5.41, 5.74) is 0.336. The Labute approximate surface area is 148 Å². The molecule has 0 saturated heterocycles. The van der Waals surface area contributed by atoms with E-state index in [1.54, 1.807) is 53.4 Å². The minimum atomic E-state index is -0.840. The van der Waals surface area contributed by atoms with Crippen LogP contribution in [-0.4, -0.2) is 10.8 Å². The lowest BCUT2D eigenvalue weighted by atomic mass is 9.82. The van der Waals surface area contributed by atoms with Crippen LogP contribution in [-0.2, 0) is 4.79 Å². The van der Waals surface area contributed by atoms with Crippen molar-refractivity contribution in [1.29, 1.82) is 5.26 Å². The number of para-hydroxylation sites is 1. The highest BCUT2D eigenvalue weighted by molar-refractivity contribution is 7.84. The minimum Gasteiger partial charge on any atom is -0.314 e. The largest absolute Gasteiger partial charge is 0.314 e. The lowest BCUT2D eigenvalue weighted by Gasteiger charge is -2.27. The first-order valence-corrected chi connectivity index (χ1v) is 7.82. The first kappa shape index (κ1) is 16.7. The fourth-order valence-electron chi connectivity index (χ4n) is 2.98. The number of nitrogens with zero attached hydrogens (tertiary/aromatic N) is 3. The molecule has 0 fully saturated rings. The third-order valence-corrected chi connectivity index (χ3v) is 4.39. The maximum Gasteiger partial charge on any atom is 0.294 e. The molecule has 1 N–H and O–H groups in total. The van der Waals surface area contributed by atoms with Crippen molar-refractivity contribution in [3.8, 4) is 6.07 Å². The van der Waals surface area contributed by atoms with E-state index in [9.17, 15) is 20.2 Å². The van der Waals surface area contributed by atoms with Crippen LogP contribution in [0.15, 0.2) is 65.5 Å². The number of hydrogen-bond donors (Lipinski definition) is 2. The number of nitro groups is 1. The Hall–Kier alpha value is -3.18. The average molecular weight is 353 g/mol.